The van der Waals surface area contributed by atoms with Crippen LogP contribution in [0.2, 0.25) is 0 Å². The summed E-state index contributed by atoms with van der Waals surface area (Å²) in [5.41, 5.74) is 0. The van der Waals surface area contributed by atoms with Crippen LogP contribution in [0.5, 0.6) is 0 Å². The van der Waals surface area contributed by atoms with Crippen LogP contribution in [0.4, 0.5) is 0 Å². The maximum absolute atomic E-state index is 8.80. The highest BCUT2D eigenvalue weighted by Crippen LogP contribution is 1.73. The van der Waals surface area contributed by atoms with Gasteiger partial charge < -0.3 is 0 Å². The number of hydrogen-bond acceptors (Lipinski definition) is 3. The van der Waals surface area contributed by atoms with Gasteiger partial charge in [0.25, 0.3) is 0 Å². The molecular weight excluding hydrogens is 174 g/mol. The maximum Gasteiger partial charge on any atom is 0.222 e. The summed E-state index contributed by atoms with van der Waals surface area (Å²) in [6.07, 6.45) is 3.50. The highest BCUT2D eigenvalue weighted by molar-refractivity contribution is 7.98. The Bertz CT molecular complexity index is 190. The fourth-order valence-corrected chi connectivity index (χ4v) is 0.313. The zero-order valence-electron chi connectivity index (χ0n) is 4.98. The van der Waals surface area contributed by atoms with Crippen molar-refractivity contribution in [2.75, 3.05) is 0 Å². The molecule has 1 aromatic heterocycles. The van der Waals surface area contributed by atoms with E-state index in [9.17, 15) is 0 Å². The highest BCUT2D eigenvalue weighted by Gasteiger charge is 1.58. The average Bonchev–Trinajstić information content (AvgIpc) is 1.90. The van der Waals surface area contributed by atoms with E-state index in [0.717, 1.165) is 0 Å². The van der Waals surface area contributed by atoms with Crippen molar-refractivity contribution >= 4 is 20.6 Å². The number of pyridine rings is 1. The molecule has 0 unspecified atom stereocenters. The van der Waals surface area contributed by atoms with Gasteiger partial charge in [-0.2, -0.15) is 0 Å². The first-order valence-electron chi connectivity index (χ1n) is 2.38. The summed E-state index contributed by atoms with van der Waals surface area (Å²) >= 11 is 0. The first-order valence-corrected chi connectivity index (χ1v) is 4.47. The van der Waals surface area contributed by atoms with Crippen LogP contribution in [-0.4, -0.2) is 13.4 Å². The van der Waals surface area contributed by atoms with Gasteiger partial charge in [-0.1, -0.05) is 6.07 Å². The van der Waals surface area contributed by atoms with Crippen molar-refractivity contribution in [1.29, 1.82) is 0 Å². The van der Waals surface area contributed by atoms with Crippen LogP contribution in [0.25, 0.3) is 0 Å². The molecule has 10 heavy (non-hydrogen) atoms. The minimum absolute atomic E-state index is 1.75. The van der Waals surface area contributed by atoms with Crippen LogP contribution < -0.4 is 0 Å². The van der Waals surface area contributed by atoms with E-state index in [-0.39, 0.29) is 0 Å². The molecule has 0 spiro atoms. The van der Waals surface area contributed by atoms with Gasteiger partial charge >= 0.3 is 0 Å². The monoisotopic (exact) mass is 179 g/mol. The smallest absolute Gasteiger partial charge is 0.222 e. The van der Waals surface area contributed by atoms with Gasteiger partial charge in [-0.25, -0.2) is 8.42 Å². The van der Waals surface area contributed by atoms with E-state index in [1.165, 1.54) is 0 Å². The summed E-state index contributed by atoms with van der Waals surface area (Å²) in [7, 11) is 1.58. The van der Waals surface area contributed by atoms with Crippen molar-refractivity contribution in [2.45, 2.75) is 0 Å². The Hall–Kier alpha value is -0.610. The molecule has 0 aliphatic carbocycles. The van der Waals surface area contributed by atoms with Crippen LogP contribution in [-0.2, 0) is 9.92 Å². The van der Waals surface area contributed by atoms with Gasteiger partial charge in [0.1, 0.15) is 0 Å². The SMILES string of the molecule is O=[SH](=O)Cl.c1ccncc1. The lowest BCUT2D eigenvalue weighted by molar-refractivity contribution is 0.626. The molecule has 1 rings (SSSR count). The van der Waals surface area contributed by atoms with E-state index in [4.69, 9.17) is 8.42 Å². The summed E-state index contributed by atoms with van der Waals surface area (Å²) in [6, 6.07) is 5.72. The molecule has 0 radical (unpaired) electrons. The molecule has 56 valence electrons. The molecule has 0 aliphatic rings. The molecule has 0 saturated carbocycles. The normalized spacial score (nSPS) is 8.20. The Kier molecular flexibility index (Phi) is 6.11. The van der Waals surface area contributed by atoms with E-state index in [1.54, 1.807) is 12.4 Å². The van der Waals surface area contributed by atoms with Crippen molar-refractivity contribution in [3.8, 4) is 0 Å². The van der Waals surface area contributed by atoms with Crippen LogP contribution >= 0.6 is 10.7 Å². The van der Waals surface area contributed by atoms with Crippen molar-refractivity contribution in [2.24, 2.45) is 0 Å². The Labute approximate surface area is 65.1 Å². The lowest BCUT2D eigenvalue weighted by atomic mass is 10.5. The number of nitrogens with zero attached hydrogens (tertiary/aromatic N) is 1. The molecule has 0 fully saturated rings. The predicted molar refractivity (Wildman–Crippen MR) is 40.4 cm³/mol. The van der Waals surface area contributed by atoms with Gasteiger partial charge in [0.2, 0.25) is 9.92 Å². The second-order valence-corrected chi connectivity index (χ2v) is 2.49. The van der Waals surface area contributed by atoms with Crippen LogP contribution in [0.1, 0.15) is 0 Å². The Morgan fingerprint density at radius 3 is 1.60 bits per heavy atom. The zero-order valence-corrected chi connectivity index (χ0v) is 6.63. The van der Waals surface area contributed by atoms with E-state index >= 15 is 0 Å². The van der Waals surface area contributed by atoms with Gasteiger partial charge in [0, 0.05) is 23.1 Å². The summed E-state index contributed by atoms with van der Waals surface area (Å²) in [6.45, 7) is 0. The zero-order chi connectivity index (χ0) is 7.82. The van der Waals surface area contributed by atoms with Crippen molar-refractivity contribution in [3.05, 3.63) is 30.6 Å². The first kappa shape index (κ1) is 9.39. The second-order valence-electron chi connectivity index (χ2n) is 1.24. The highest BCUT2D eigenvalue weighted by atomic mass is 35.7. The van der Waals surface area contributed by atoms with Crippen molar-refractivity contribution < 1.29 is 8.42 Å². The van der Waals surface area contributed by atoms with E-state index in [1.807, 2.05) is 18.2 Å². The minimum atomic E-state index is -2.65. The third-order valence-electron chi connectivity index (χ3n) is 0.566. The van der Waals surface area contributed by atoms with Crippen molar-refractivity contribution in [3.63, 3.8) is 0 Å². The molecule has 1 aromatic rings. The van der Waals surface area contributed by atoms with E-state index < -0.39 is 9.92 Å². The topological polar surface area (TPSA) is 47.0 Å². The van der Waals surface area contributed by atoms with Gasteiger partial charge in [0.05, 0.1) is 0 Å². The average molecular weight is 180 g/mol. The summed E-state index contributed by atoms with van der Waals surface area (Å²) in [5.74, 6) is 0. The minimum Gasteiger partial charge on any atom is -0.265 e. The molecule has 0 aromatic carbocycles. The number of aromatic nitrogens is 1. The molecule has 0 bridgehead atoms. The number of hydrogen-bond donors (Lipinski definition) is 1. The van der Waals surface area contributed by atoms with Crippen LogP contribution in [0.3, 0.4) is 0 Å². The third kappa shape index (κ3) is 10.4. The third-order valence-corrected chi connectivity index (χ3v) is 0.566. The molecular formula is C5H6ClNO2S. The standard InChI is InChI=1S/C5H5N.ClHO2S/c1-2-4-6-5-3-1;1-4(2)3/h1-5H;4H. The predicted octanol–water partition coefficient (Wildman–Crippen LogP) is 0.833. The van der Waals surface area contributed by atoms with Gasteiger partial charge in [-0.15, -0.1) is 0 Å². The Balaban J connectivity index is 0.000000180. The lowest BCUT2D eigenvalue weighted by Crippen LogP contribution is -1.58. The molecule has 0 atom stereocenters. The number of halogens is 1. The number of rotatable bonds is 0. The van der Waals surface area contributed by atoms with E-state index in [2.05, 4.69) is 15.7 Å². The second kappa shape index (κ2) is 6.51. The van der Waals surface area contributed by atoms with E-state index in [0.29, 0.717) is 0 Å². The van der Waals surface area contributed by atoms with Gasteiger partial charge in [-0.05, 0) is 12.1 Å². The molecule has 0 saturated heterocycles. The van der Waals surface area contributed by atoms with Crippen LogP contribution in [0.15, 0.2) is 30.6 Å². The van der Waals surface area contributed by atoms with Gasteiger partial charge in [-0.3, -0.25) is 4.98 Å². The number of thiol groups is 1. The quantitative estimate of drug-likeness (QED) is 0.474. The Morgan fingerprint density at radius 1 is 1.10 bits per heavy atom. The fourth-order valence-electron chi connectivity index (χ4n) is 0.313. The molecule has 0 amide bonds. The maximum atomic E-state index is 8.80. The van der Waals surface area contributed by atoms with Crippen LogP contribution in [0, 0.1) is 0 Å². The fraction of sp³-hybridized carbons (Fsp3) is 0. The van der Waals surface area contributed by atoms with Crippen molar-refractivity contribution in [1.82, 2.24) is 4.98 Å². The molecule has 3 nitrogen and oxygen atoms in total. The summed E-state index contributed by atoms with van der Waals surface area (Å²) < 4.78 is 17.6. The molecule has 1 heterocycles. The molecule has 5 heteroatoms. The lowest BCUT2D eigenvalue weighted by Gasteiger charge is -1.70. The van der Waals surface area contributed by atoms with Gasteiger partial charge in [0.15, 0.2) is 0 Å². The largest absolute Gasteiger partial charge is 0.265 e. The summed E-state index contributed by atoms with van der Waals surface area (Å²) in [5, 5.41) is 0. The Morgan fingerprint density at radius 2 is 1.50 bits per heavy atom. The molecule has 0 N–H and O–H groups in total. The molecule has 0 aliphatic heterocycles. The summed E-state index contributed by atoms with van der Waals surface area (Å²) in [4.78, 5) is 3.78. The first-order chi connectivity index (χ1) is 4.73.